The van der Waals surface area contributed by atoms with E-state index in [2.05, 4.69) is 24.6 Å². The van der Waals surface area contributed by atoms with Crippen LogP contribution in [0, 0.1) is 0 Å². The molecule has 3 aromatic rings. The van der Waals surface area contributed by atoms with Gasteiger partial charge in [0.05, 0.1) is 17.4 Å². The van der Waals surface area contributed by atoms with Crippen LogP contribution in [0.4, 0.5) is 5.13 Å². The van der Waals surface area contributed by atoms with Crippen LogP contribution >= 0.6 is 11.5 Å². The second-order valence-electron chi connectivity index (χ2n) is 3.34. The zero-order valence-corrected chi connectivity index (χ0v) is 9.36. The SMILES string of the molecule is O=C(Nc1ncns1)c1ccc2nc[nH]c2c1. The first kappa shape index (κ1) is 9.91. The van der Waals surface area contributed by atoms with Crippen molar-refractivity contribution in [3.8, 4) is 0 Å². The minimum Gasteiger partial charge on any atom is -0.345 e. The molecular formula is C10H7N5OS. The Morgan fingerprint density at radius 2 is 2.29 bits per heavy atom. The van der Waals surface area contributed by atoms with Crippen molar-refractivity contribution in [2.75, 3.05) is 5.32 Å². The molecule has 1 aromatic carbocycles. The monoisotopic (exact) mass is 245 g/mol. The number of fused-ring (bicyclic) bond motifs is 1. The van der Waals surface area contributed by atoms with E-state index in [9.17, 15) is 4.79 Å². The second-order valence-corrected chi connectivity index (χ2v) is 4.12. The van der Waals surface area contributed by atoms with Gasteiger partial charge in [0.15, 0.2) is 0 Å². The normalized spacial score (nSPS) is 10.6. The highest BCUT2D eigenvalue weighted by Gasteiger charge is 2.09. The summed E-state index contributed by atoms with van der Waals surface area (Å²) in [6.07, 6.45) is 3.00. The van der Waals surface area contributed by atoms with Crippen molar-refractivity contribution in [3.05, 3.63) is 36.4 Å². The topological polar surface area (TPSA) is 83.6 Å². The van der Waals surface area contributed by atoms with E-state index in [1.807, 2.05) is 0 Å². The summed E-state index contributed by atoms with van der Waals surface area (Å²) in [5, 5.41) is 3.15. The molecule has 0 aliphatic carbocycles. The standard InChI is InChI=1S/C10H7N5OS/c16-9(15-10-13-5-14-17-10)6-1-2-7-8(3-6)12-4-11-7/h1-5H,(H,11,12)(H,13,14,15,16). The summed E-state index contributed by atoms with van der Waals surface area (Å²) < 4.78 is 3.81. The average Bonchev–Trinajstić information content (AvgIpc) is 2.97. The summed E-state index contributed by atoms with van der Waals surface area (Å²) in [6.45, 7) is 0. The molecule has 0 aliphatic rings. The highest BCUT2D eigenvalue weighted by atomic mass is 32.1. The van der Waals surface area contributed by atoms with Crippen LogP contribution in [0.1, 0.15) is 10.4 Å². The Hall–Kier alpha value is -2.28. The molecule has 3 rings (SSSR count). The lowest BCUT2D eigenvalue weighted by Gasteiger charge is -2.00. The van der Waals surface area contributed by atoms with Gasteiger partial charge in [-0.15, -0.1) is 0 Å². The molecule has 0 spiro atoms. The van der Waals surface area contributed by atoms with Crippen LogP contribution in [0.25, 0.3) is 11.0 Å². The predicted octanol–water partition coefficient (Wildman–Crippen LogP) is 1.67. The number of aromatic amines is 1. The number of carbonyl (C=O) groups is 1. The van der Waals surface area contributed by atoms with Gasteiger partial charge in [-0.2, -0.15) is 4.37 Å². The summed E-state index contributed by atoms with van der Waals surface area (Å²) >= 11 is 1.14. The van der Waals surface area contributed by atoms with Gasteiger partial charge < -0.3 is 4.98 Å². The smallest absolute Gasteiger partial charge is 0.257 e. The van der Waals surface area contributed by atoms with Crippen molar-refractivity contribution in [2.45, 2.75) is 0 Å². The first-order valence-electron chi connectivity index (χ1n) is 4.84. The number of rotatable bonds is 2. The third-order valence-electron chi connectivity index (χ3n) is 2.26. The lowest BCUT2D eigenvalue weighted by atomic mass is 10.2. The Labute approximate surface area is 99.9 Å². The Morgan fingerprint density at radius 1 is 1.35 bits per heavy atom. The van der Waals surface area contributed by atoms with Gasteiger partial charge in [-0.1, -0.05) is 0 Å². The van der Waals surface area contributed by atoms with Crippen molar-refractivity contribution >= 4 is 33.6 Å². The zero-order valence-electron chi connectivity index (χ0n) is 8.54. The fourth-order valence-corrected chi connectivity index (χ4v) is 1.90. The van der Waals surface area contributed by atoms with E-state index < -0.39 is 0 Å². The number of hydrogen-bond acceptors (Lipinski definition) is 5. The van der Waals surface area contributed by atoms with Crippen LogP contribution in [0.5, 0.6) is 0 Å². The molecule has 2 N–H and O–H groups in total. The van der Waals surface area contributed by atoms with Gasteiger partial charge in [-0.3, -0.25) is 10.1 Å². The Balaban J connectivity index is 1.90. The zero-order chi connectivity index (χ0) is 11.7. The van der Waals surface area contributed by atoms with Crippen molar-refractivity contribution in [2.24, 2.45) is 0 Å². The van der Waals surface area contributed by atoms with Crippen molar-refractivity contribution < 1.29 is 4.79 Å². The number of H-pyrrole nitrogens is 1. The first-order chi connectivity index (χ1) is 8.33. The molecule has 84 valence electrons. The van der Waals surface area contributed by atoms with E-state index >= 15 is 0 Å². The molecule has 0 bridgehead atoms. The number of carbonyl (C=O) groups excluding carboxylic acids is 1. The summed E-state index contributed by atoms with van der Waals surface area (Å²) in [4.78, 5) is 22.8. The lowest BCUT2D eigenvalue weighted by molar-refractivity contribution is 0.102. The molecule has 17 heavy (non-hydrogen) atoms. The average molecular weight is 245 g/mol. The third kappa shape index (κ3) is 1.87. The molecule has 0 aliphatic heterocycles. The molecule has 0 atom stereocenters. The molecule has 0 radical (unpaired) electrons. The van der Waals surface area contributed by atoms with Crippen molar-refractivity contribution in [1.82, 2.24) is 19.3 Å². The van der Waals surface area contributed by atoms with Gasteiger partial charge in [0.1, 0.15) is 6.33 Å². The number of hydrogen-bond donors (Lipinski definition) is 2. The van der Waals surface area contributed by atoms with Gasteiger partial charge in [-0.05, 0) is 18.2 Å². The van der Waals surface area contributed by atoms with Crippen LogP contribution in [-0.2, 0) is 0 Å². The number of nitrogens with zero attached hydrogens (tertiary/aromatic N) is 3. The molecule has 2 heterocycles. The molecule has 1 amide bonds. The number of amides is 1. The summed E-state index contributed by atoms with van der Waals surface area (Å²) in [7, 11) is 0. The van der Waals surface area contributed by atoms with Crippen LogP contribution in [0.2, 0.25) is 0 Å². The Morgan fingerprint density at radius 3 is 3.12 bits per heavy atom. The molecule has 0 fully saturated rings. The number of imidazole rings is 1. The molecule has 7 heteroatoms. The minimum atomic E-state index is -0.210. The van der Waals surface area contributed by atoms with E-state index in [1.165, 1.54) is 6.33 Å². The summed E-state index contributed by atoms with van der Waals surface area (Å²) in [5.41, 5.74) is 2.21. The summed E-state index contributed by atoms with van der Waals surface area (Å²) in [6, 6.07) is 5.26. The highest BCUT2D eigenvalue weighted by molar-refractivity contribution is 7.09. The molecular weight excluding hydrogens is 238 g/mol. The quantitative estimate of drug-likeness (QED) is 0.719. The van der Waals surface area contributed by atoms with Crippen LogP contribution < -0.4 is 5.32 Å². The third-order valence-corrected chi connectivity index (χ3v) is 2.84. The molecule has 0 unspecified atom stereocenters. The highest BCUT2D eigenvalue weighted by Crippen LogP contribution is 2.14. The number of nitrogens with one attached hydrogen (secondary N) is 2. The van der Waals surface area contributed by atoms with Crippen LogP contribution in [-0.4, -0.2) is 25.2 Å². The Bertz CT molecular complexity index is 660. The van der Waals surface area contributed by atoms with E-state index in [1.54, 1.807) is 24.5 Å². The maximum absolute atomic E-state index is 11.9. The molecule has 2 aromatic heterocycles. The van der Waals surface area contributed by atoms with E-state index in [0.717, 1.165) is 22.6 Å². The number of aromatic nitrogens is 4. The molecule has 6 nitrogen and oxygen atoms in total. The lowest BCUT2D eigenvalue weighted by Crippen LogP contribution is -2.11. The first-order valence-corrected chi connectivity index (χ1v) is 5.61. The van der Waals surface area contributed by atoms with Crippen molar-refractivity contribution in [3.63, 3.8) is 0 Å². The van der Waals surface area contributed by atoms with E-state index in [0.29, 0.717) is 10.7 Å². The molecule has 0 saturated carbocycles. The maximum Gasteiger partial charge on any atom is 0.257 e. The van der Waals surface area contributed by atoms with Gasteiger partial charge >= 0.3 is 0 Å². The summed E-state index contributed by atoms with van der Waals surface area (Å²) in [5.74, 6) is -0.210. The van der Waals surface area contributed by atoms with Gasteiger partial charge in [0.25, 0.3) is 5.91 Å². The predicted molar refractivity (Wildman–Crippen MR) is 64.0 cm³/mol. The van der Waals surface area contributed by atoms with Gasteiger partial charge in [-0.25, -0.2) is 9.97 Å². The fraction of sp³-hybridized carbons (Fsp3) is 0. The number of benzene rings is 1. The second kappa shape index (κ2) is 3.95. The fourth-order valence-electron chi connectivity index (χ4n) is 1.47. The van der Waals surface area contributed by atoms with E-state index in [4.69, 9.17) is 0 Å². The minimum absolute atomic E-state index is 0.210. The van der Waals surface area contributed by atoms with E-state index in [-0.39, 0.29) is 5.91 Å². The van der Waals surface area contributed by atoms with Crippen molar-refractivity contribution in [1.29, 1.82) is 0 Å². The van der Waals surface area contributed by atoms with Gasteiger partial charge in [0.2, 0.25) is 5.13 Å². The van der Waals surface area contributed by atoms with Crippen LogP contribution in [0.15, 0.2) is 30.9 Å². The van der Waals surface area contributed by atoms with Crippen LogP contribution in [0.3, 0.4) is 0 Å². The molecule has 0 saturated heterocycles. The largest absolute Gasteiger partial charge is 0.345 e. The maximum atomic E-state index is 11.9. The number of anilines is 1. The Kier molecular flexibility index (Phi) is 2.30. The van der Waals surface area contributed by atoms with Gasteiger partial charge in [0, 0.05) is 17.1 Å².